The Morgan fingerprint density at radius 1 is 1.02 bits per heavy atom. The largest absolute Gasteiger partial charge is 0.481 e. The molecule has 2 aromatic heterocycles. The van der Waals surface area contributed by atoms with E-state index in [0.717, 1.165) is 28.1 Å². The molecule has 11 heteroatoms. The number of anilines is 1. The van der Waals surface area contributed by atoms with Gasteiger partial charge >= 0.3 is 5.97 Å². The summed E-state index contributed by atoms with van der Waals surface area (Å²) in [4.78, 5) is 36.1. The molecule has 2 aromatic carbocycles. The van der Waals surface area contributed by atoms with Crippen molar-refractivity contribution >= 4 is 38.8 Å². The lowest BCUT2D eigenvalue weighted by Crippen LogP contribution is -2.33. The van der Waals surface area contributed by atoms with E-state index in [0.29, 0.717) is 28.6 Å². The Morgan fingerprint density at radius 3 is 2.34 bits per heavy atom. The highest BCUT2D eigenvalue weighted by Gasteiger charge is 2.29. The molecule has 0 aliphatic carbocycles. The van der Waals surface area contributed by atoms with Gasteiger partial charge in [0, 0.05) is 12.7 Å². The molecule has 0 amide bonds. The van der Waals surface area contributed by atoms with E-state index in [2.05, 4.69) is 25.0 Å². The van der Waals surface area contributed by atoms with Crippen LogP contribution in [0, 0.1) is 34.6 Å². The van der Waals surface area contributed by atoms with Crippen molar-refractivity contribution in [1.82, 2.24) is 19.7 Å². The number of sulfonamides is 1. The van der Waals surface area contributed by atoms with Gasteiger partial charge in [-0.3, -0.25) is 9.59 Å². The maximum atomic E-state index is 13.6. The van der Waals surface area contributed by atoms with Crippen molar-refractivity contribution in [1.29, 1.82) is 0 Å². The first-order valence-corrected chi connectivity index (χ1v) is 14.5. The Labute approximate surface area is 238 Å². The first kappa shape index (κ1) is 29.6. The zero-order chi connectivity index (χ0) is 29.9. The molecule has 0 spiro atoms. The number of carboxylic acids is 1. The number of hydrogen-bond donors (Lipinski definition) is 4. The van der Waals surface area contributed by atoms with Gasteiger partial charge in [0.15, 0.2) is 0 Å². The number of pyridine rings is 1. The predicted octanol–water partition coefficient (Wildman–Crippen LogP) is 4.48. The molecule has 4 aromatic rings. The number of hydrogen-bond acceptors (Lipinski definition) is 7. The minimum atomic E-state index is -4.18. The fourth-order valence-electron chi connectivity index (χ4n) is 4.75. The fourth-order valence-corrected chi connectivity index (χ4v) is 6.55. The zero-order valence-corrected chi connectivity index (χ0v) is 24.4. The molecule has 0 saturated carbocycles. The van der Waals surface area contributed by atoms with Gasteiger partial charge in [0.25, 0.3) is 5.56 Å². The number of rotatable bonds is 10. The summed E-state index contributed by atoms with van der Waals surface area (Å²) >= 11 is 0. The lowest BCUT2D eigenvalue weighted by atomic mass is 9.95. The van der Waals surface area contributed by atoms with Gasteiger partial charge in [-0.25, -0.2) is 18.4 Å². The van der Waals surface area contributed by atoms with Gasteiger partial charge in [-0.05, 0) is 92.3 Å². The molecule has 4 N–H and O–H groups in total. The second-order valence-electron chi connectivity index (χ2n) is 9.95. The lowest BCUT2D eigenvalue weighted by Gasteiger charge is -2.22. The molecule has 0 aliphatic rings. The minimum absolute atomic E-state index is 0.0767. The van der Waals surface area contributed by atoms with Crippen LogP contribution in [0.3, 0.4) is 0 Å². The number of aromatic amines is 1. The van der Waals surface area contributed by atoms with Crippen LogP contribution >= 0.6 is 0 Å². The molecule has 214 valence electrons. The van der Waals surface area contributed by atoms with Crippen LogP contribution in [-0.2, 0) is 14.8 Å². The van der Waals surface area contributed by atoms with Crippen LogP contribution in [-0.4, -0.2) is 41.0 Å². The summed E-state index contributed by atoms with van der Waals surface area (Å²) in [6, 6.07) is 9.36. The monoisotopic (exact) mass is 575 g/mol. The fraction of sp³-hybridized carbons (Fsp3) is 0.267. The Bertz CT molecular complexity index is 1790. The van der Waals surface area contributed by atoms with Gasteiger partial charge in [0.1, 0.15) is 11.6 Å². The molecule has 0 bridgehead atoms. The Kier molecular flexibility index (Phi) is 8.69. The van der Waals surface area contributed by atoms with Crippen molar-refractivity contribution in [3.63, 3.8) is 0 Å². The summed E-state index contributed by atoms with van der Waals surface area (Å²) in [5, 5.41) is 13.0. The predicted molar refractivity (Wildman–Crippen MR) is 160 cm³/mol. The number of aromatic nitrogens is 3. The summed E-state index contributed by atoms with van der Waals surface area (Å²) in [6.07, 6.45) is 4.82. The highest BCUT2D eigenvalue weighted by atomic mass is 32.2. The quantitative estimate of drug-likeness (QED) is 0.216. The topological polar surface area (TPSA) is 154 Å². The van der Waals surface area contributed by atoms with Gasteiger partial charge < -0.3 is 15.4 Å². The maximum Gasteiger partial charge on any atom is 0.305 e. The highest BCUT2D eigenvalue weighted by molar-refractivity contribution is 7.89. The van der Waals surface area contributed by atoms with Gasteiger partial charge in [-0.2, -0.15) is 4.72 Å². The molecule has 0 fully saturated rings. The number of aliphatic carboxylic acids is 1. The van der Waals surface area contributed by atoms with E-state index < -0.39 is 34.0 Å². The van der Waals surface area contributed by atoms with Crippen LogP contribution in [0.5, 0.6) is 0 Å². The summed E-state index contributed by atoms with van der Waals surface area (Å²) in [5.41, 5.74) is 4.44. The lowest BCUT2D eigenvalue weighted by molar-refractivity contribution is -0.137. The molecule has 1 atom stereocenters. The average Bonchev–Trinajstić information content (AvgIpc) is 2.93. The number of carbonyl (C=O) groups is 1. The van der Waals surface area contributed by atoms with Crippen molar-refractivity contribution < 1.29 is 18.3 Å². The normalized spacial score (nSPS) is 12.6. The number of benzene rings is 2. The first-order valence-electron chi connectivity index (χ1n) is 13.1. The second kappa shape index (κ2) is 12.0. The maximum absolute atomic E-state index is 13.6. The summed E-state index contributed by atoms with van der Waals surface area (Å²) in [6.45, 7) is 9.63. The number of fused-ring (bicyclic) bond motifs is 1. The third-order valence-corrected chi connectivity index (χ3v) is 9.07. The highest BCUT2D eigenvalue weighted by Crippen LogP contribution is 2.30. The summed E-state index contributed by atoms with van der Waals surface area (Å²) < 4.78 is 29.7. The SMILES string of the molecule is Cc1c(C)c(C)c(S(=O)(=O)N[C@H](CC(=O)O)c2nc3ccc(/C=C/CNc4ccccn4)cc3c(=O)[nH]2)c(C)c1C. The Hall–Kier alpha value is -4.35. The van der Waals surface area contributed by atoms with Crippen molar-refractivity contribution in [2.24, 2.45) is 0 Å². The van der Waals surface area contributed by atoms with Crippen LogP contribution in [0.15, 0.2) is 58.4 Å². The molecule has 41 heavy (non-hydrogen) atoms. The average molecular weight is 576 g/mol. The number of nitrogens with one attached hydrogen (secondary N) is 3. The Balaban J connectivity index is 1.64. The molecular weight excluding hydrogens is 542 g/mol. The van der Waals surface area contributed by atoms with E-state index in [1.54, 1.807) is 38.2 Å². The third-order valence-electron chi connectivity index (χ3n) is 7.33. The summed E-state index contributed by atoms with van der Waals surface area (Å²) in [5.74, 6) is -0.578. The van der Waals surface area contributed by atoms with Gasteiger partial charge in [0.2, 0.25) is 10.0 Å². The van der Waals surface area contributed by atoms with Crippen molar-refractivity contribution in [3.05, 3.63) is 98.2 Å². The molecule has 2 heterocycles. The molecule has 0 radical (unpaired) electrons. The first-order chi connectivity index (χ1) is 19.4. The number of H-pyrrole nitrogens is 1. The number of nitrogens with zero attached hydrogens (tertiary/aromatic N) is 2. The van der Waals surface area contributed by atoms with Crippen LogP contribution in [0.2, 0.25) is 0 Å². The molecule has 0 unspecified atom stereocenters. The van der Waals surface area contributed by atoms with E-state index in [1.807, 2.05) is 51.1 Å². The smallest absolute Gasteiger partial charge is 0.305 e. The van der Waals surface area contributed by atoms with E-state index in [4.69, 9.17) is 0 Å². The second-order valence-corrected chi connectivity index (χ2v) is 11.6. The van der Waals surface area contributed by atoms with Crippen LogP contribution in [0.25, 0.3) is 17.0 Å². The van der Waals surface area contributed by atoms with E-state index in [-0.39, 0.29) is 10.7 Å². The molecule has 10 nitrogen and oxygen atoms in total. The molecular formula is C30H33N5O5S. The number of carboxylic acid groups (broad SMARTS) is 1. The van der Waals surface area contributed by atoms with Crippen LogP contribution in [0.4, 0.5) is 5.82 Å². The molecule has 0 aliphatic heterocycles. The van der Waals surface area contributed by atoms with Crippen LogP contribution < -0.4 is 15.6 Å². The van der Waals surface area contributed by atoms with Crippen LogP contribution in [0.1, 0.15) is 51.7 Å². The third kappa shape index (κ3) is 6.53. The minimum Gasteiger partial charge on any atom is -0.481 e. The van der Waals surface area contributed by atoms with Gasteiger partial charge in [-0.1, -0.05) is 24.3 Å². The Morgan fingerprint density at radius 2 is 1.71 bits per heavy atom. The van der Waals surface area contributed by atoms with Crippen molar-refractivity contribution in [2.45, 2.75) is 52.0 Å². The molecule has 0 saturated heterocycles. The molecule has 4 rings (SSSR count). The van der Waals surface area contributed by atoms with E-state index >= 15 is 0 Å². The van der Waals surface area contributed by atoms with Gasteiger partial charge in [-0.15, -0.1) is 0 Å². The van der Waals surface area contributed by atoms with E-state index in [9.17, 15) is 23.1 Å². The van der Waals surface area contributed by atoms with E-state index in [1.165, 1.54) is 0 Å². The standard InChI is InChI=1S/C30H33N5O5S/c1-17-18(2)20(4)28(21(5)19(17)3)41(39,40)35-25(16-27(36)37)29-33-24-12-11-22(15-23(24)30(38)34-29)9-8-14-32-26-10-6-7-13-31-26/h6-13,15,25,35H,14,16H2,1-5H3,(H,31,32)(H,36,37)(H,33,34,38)/b9-8+/t25-/m1/s1. The zero-order valence-electron chi connectivity index (χ0n) is 23.6. The van der Waals surface area contributed by atoms with Crippen molar-refractivity contribution in [3.8, 4) is 0 Å². The van der Waals surface area contributed by atoms with Gasteiger partial charge in [0.05, 0.1) is 28.3 Å². The van der Waals surface area contributed by atoms with Crippen molar-refractivity contribution in [2.75, 3.05) is 11.9 Å². The summed E-state index contributed by atoms with van der Waals surface area (Å²) in [7, 11) is -4.18.